The second kappa shape index (κ2) is 16.8. The Balaban J connectivity index is 0. The average molecular weight is 371 g/mol. The third-order valence-corrected chi connectivity index (χ3v) is 3.62. The van der Waals surface area contributed by atoms with Crippen LogP contribution in [-0.4, -0.2) is 21.9 Å². The lowest BCUT2D eigenvalue weighted by atomic mass is 9.79. The molecule has 1 rings (SSSR count). The fourth-order valence-corrected chi connectivity index (χ4v) is 2.05. The zero-order chi connectivity index (χ0) is 21.1. The second-order valence-corrected chi connectivity index (χ2v) is 5.68. The Morgan fingerprint density at radius 3 is 2.00 bits per heavy atom. The van der Waals surface area contributed by atoms with Crippen molar-refractivity contribution in [3.05, 3.63) is 111 Å². The average Bonchev–Trinajstić information content (AvgIpc) is 2.68. The summed E-state index contributed by atoms with van der Waals surface area (Å²) in [6.07, 6.45) is 12.1. The maximum Gasteiger partial charge on any atom is 0.0958 e. The van der Waals surface area contributed by atoms with Crippen LogP contribution in [0.25, 0.3) is 0 Å². The van der Waals surface area contributed by atoms with Gasteiger partial charge < -0.3 is 15.3 Å². The summed E-state index contributed by atoms with van der Waals surface area (Å²) in [5, 5.41) is 28.0. The predicted octanol–water partition coefficient (Wildman–Crippen LogP) is 5.63. The van der Waals surface area contributed by atoms with Gasteiger partial charge in [-0.05, 0) is 24.5 Å². The fourth-order valence-electron chi connectivity index (χ4n) is 2.05. The van der Waals surface area contributed by atoms with Crippen LogP contribution in [0.1, 0.15) is 25.8 Å². The van der Waals surface area contributed by atoms with Crippen molar-refractivity contribution in [1.82, 2.24) is 0 Å². The van der Waals surface area contributed by atoms with Gasteiger partial charge in [-0.3, -0.25) is 0 Å². The van der Waals surface area contributed by atoms with Gasteiger partial charge in [-0.15, -0.1) is 0 Å². The molecule has 0 saturated carbocycles. The molecule has 3 heteroatoms. The minimum absolute atomic E-state index is 0.164. The van der Waals surface area contributed by atoms with Crippen LogP contribution in [0.15, 0.2) is 105 Å². The van der Waals surface area contributed by atoms with E-state index in [-0.39, 0.29) is 6.61 Å². The van der Waals surface area contributed by atoms with Gasteiger partial charge in [-0.1, -0.05) is 100 Å². The molecule has 0 bridgehead atoms. The van der Waals surface area contributed by atoms with Crippen LogP contribution in [-0.2, 0) is 5.60 Å². The highest BCUT2D eigenvalue weighted by Crippen LogP contribution is 2.33. The quantitative estimate of drug-likeness (QED) is 0.411. The van der Waals surface area contributed by atoms with E-state index in [4.69, 9.17) is 5.11 Å². The van der Waals surface area contributed by atoms with Gasteiger partial charge in [0, 0.05) is 5.92 Å². The van der Waals surface area contributed by atoms with Crippen molar-refractivity contribution < 1.29 is 15.3 Å². The van der Waals surface area contributed by atoms with E-state index >= 15 is 0 Å². The molecule has 0 amide bonds. The summed E-state index contributed by atoms with van der Waals surface area (Å²) in [5.41, 5.74) is 0.280. The molecular formula is C24H34O3. The first-order chi connectivity index (χ1) is 12.9. The molecule has 2 unspecified atom stereocenters. The summed E-state index contributed by atoms with van der Waals surface area (Å²) >= 11 is 0. The Morgan fingerprint density at radius 1 is 1.11 bits per heavy atom. The highest BCUT2D eigenvalue weighted by atomic mass is 16.3. The molecule has 0 aromatic heterocycles. The zero-order valence-corrected chi connectivity index (χ0v) is 16.6. The molecule has 2 atom stereocenters. The smallest absolute Gasteiger partial charge is 0.0958 e. The molecule has 0 spiro atoms. The second-order valence-electron chi connectivity index (χ2n) is 5.68. The van der Waals surface area contributed by atoms with Crippen LogP contribution in [0, 0.1) is 5.92 Å². The van der Waals surface area contributed by atoms with Crippen LogP contribution in [0.4, 0.5) is 0 Å². The van der Waals surface area contributed by atoms with Crippen molar-refractivity contribution in [2.75, 3.05) is 6.61 Å². The van der Waals surface area contributed by atoms with Gasteiger partial charge in [-0.25, -0.2) is 0 Å². The lowest BCUT2D eigenvalue weighted by Gasteiger charge is -2.32. The lowest BCUT2D eigenvalue weighted by Crippen LogP contribution is -2.35. The van der Waals surface area contributed by atoms with Crippen LogP contribution < -0.4 is 0 Å². The van der Waals surface area contributed by atoms with E-state index in [0.29, 0.717) is 5.57 Å². The van der Waals surface area contributed by atoms with Gasteiger partial charge >= 0.3 is 0 Å². The van der Waals surface area contributed by atoms with Gasteiger partial charge in [-0.2, -0.15) is 0 Å². The number of benzene rings is 1. The zero-order valence-electron chi connectivity index (χ0n) is 16.6. The summed E-state index contributed by atoms with van der Waals surface area (Å²) in [6, 6.07) is 9.29. The number of allylic oxidation sites excluding steroid dienone is 6. The first kappa shape index (κ1) is 26.6. The highest BCUT2D eigenvalue weighted by Gasteiger charge is 2.34. The minimum atomic E-state index is -1.15. The molecule has 3 N–H and O–H groups in total. The normalized spacial score (nSPS) is 13.3. The van der Waals surface area contributed by atoms with Crippen molar-refractivity contribution in [1.29, 1.82) is 0 Å². The third kappa shape index (κ3) is 11.6. The summed E-state index contributed by atoms with van der Waals surface area (Å²) in [5.74, 6) is -0.448. The van der Waals surface area contributed by atoms with E-state index in [2.05, 4.69) is 26.3 Å². The van der Waals surface area contributed by atoms with Crippen molar-refractivity contribution in [3.63, 3.8) is 0 Å². The molecule has 148 valence electrons. The topological polar surface area (TPSA) is 60.7 Å². The Morgan fingerprint density at radius 2 is 1.67 bits per heavy atom. The predicted molar refractivity (Wildman–Crippen MR) is 118 cm³/mol. The van der Waals surface area contributed by atoms with Crippen LogP contribution in [0.5, 0.6) is 0 Å². The Kier molecular flexibility index (Phi) is 16.6. The number of hydrogen-bond donors (Lipinski definition) is 3. The Bertz CT molecular complexity index is 589. The van der Waals surface area contributed by atoms with Crippen LogP contribution in [0.2, 0.25) is 0 Å². The highest BCUT2D eigenvalue weighted by molar-refractivity contribution is 5.30. The van der Waals surface area contributed by atoms with Crippen LogP contribution >= 0.6 is 0 Å². The lowest BCUT2D eigenvalue weighted by molar-refractivity contribution is -0.0115. The SMILES string of the molecule is C=CC=C.C=CC=CC(=C)C(CO)C(C)(O)c1ccccc1.CCC=CO. The Labute approximate surface area is 164 Å². The summed E-state index contributed by atoms with van der Waals surface area (Å²) in [7, 11) is 0. The minimum Gasteiger partial charge on any atom is -0.516 e. The number of aliphatic hydroxyl groups is 3. The molecule has 27 heavy (non-hydrogen) atoms. The first-order valence-corrected chi connectivity index (χ1v) is 8.76. The third-order valence-electron chi connectivity index (χ3n) is 3.62. The largest absolute Gasteiger partial charge is 0.516 e. The molecule has 0 saturated heterocycles. The van der Waals surface area contributed by atoms with E-state index < -0.39 is 11.5 Å². The van der Waals surface area contributed by atoms with E-state index in [1.807, 2.05) is 37.3 Å². The molecule has 1 aromatic carbocycles. The molecule has 0 aliphatic heterocycles. The molecule has 0 radical (unpaired) electrons. The van der Waals surface area contributed by atoms with E-state index in [0.717, 1.165) is 18.2 Å². The monoisotopic (exact) mass is 370 g/mol. The van der Waals surface area contributed by atoms with Crippen molar-refractivity contribution in [3.8, 4) is 0 Å². The van der Waals surface area contributed by atoms with E-state index in [9.17, 15) is 10.2 Å². The maximum absolute atomic E-state index is 10.6. The number of hydrogen-bond acceptors (Lipinski definition) is 3. The molecule has 1 aromatic rings. The standard InChI is InChI=1S/C16H20O2.C4H8O.C4H6/c1-4-5-9-13(2)15(12-17)16(3,18)14-10-7-6-8-11-14;1-2-3-4-5;1-3-4-2/h4-11,15,17-18H,1-2,12H2,3H3;3-5H,2H2,1H3;3-4H,1-2H2. The van der Waals surface area contributed by atoms with Crippen LogP contribution in [0.3, 0.4) is 0 Å². The van der Waals surface area contributed by atoms with Gasteiger partial charge in [0.25, 0.3) is 0 Å². The van der Waals surface area contributed by atoms with Gasteiger partial charge in [0.1, 0.15) is 0 Å². The summed E-state index contributed by atoms with van der Waals surface area (Å²) < 4.78 is 0. The van der Waals surface area contributed by atoms with Crippen molar-refractivity contribution in [2.45, 2.75) is 25.9 Å². The molecule has 0 aliphatic carbocycles. The molecular weight excluding hydrogens is 336 g/mol. The van der Waals surface area contributed by atoms with Crippen molar-refractivity contribution >= 4 is 0 Å². The maximum atomic E-state index is 10.6. The van der Waals surface area contributed by atoms with Gasteiger partial charge in [0.05, 0.1) is 18.5 Å². The van der Waals surface area contributed by atoms with Gasteiger partial charge in [0.2, 0.25) is 0 Å². The van der Waals surface area contributed by atoms with Crippen molar-refractivity contribution in [2.24, 2.45) is 5.92 Å². The van der Waals surface area contributed by atoms with E-state index in [1.165, 1.54) is 0 Å². The fraction of sp³-hybridized carbons (Fsp3) is 0.250. The first-order valence-electron chi connectivity index (χ1n) is 8.76. The Hall–Kier alpha value is -2.62. The number of aliphatic hydroxyl groups excluding tert-OH is 2. The molecule has 0 aliphatic rings. The van der Waals surface area contributed by atoms with Gasteiger partial charge in [0.15, 0.2) is 0 Å². The summed E-state index contributed by atoms with van der Waals surface area (Å²) in [4.78, 5) is 0. The molecule has 0 heterocycles. The molecule has 3 nitrogen and oxygen atoms in total. The number of rotatable bonds is 8. The molecule has 0 fully saturated rings. The van der Waals surface area contributed by atoms with E-state index in [1.54, 1.807) is 43.4 Å². The summed E-state index contributed by atoms with van der Waals surface area (Å²) in [6.45, 7) is 17.7.